The summed E-state index contributed by atoms with van der Waals surface area (Å²) in [5.74, 6) is 0.162. The molecule has 0 radical (unpaired) electrons. The lowest BCUT2D eigenvalue weighted by Crippen LogP contribution is -2.56. The molecule has 0 spiro atoms. The van der Waals surface area contributed by atoms with Gasteiger partial charge in [-0.3, -0.25) is 9.69 Å². The molecule has 1 aliphatic carbocycles. The van der Waals surface area contributed by atoms with Gasteiger partial charge in [0.15, 0.2) is 0 Å². The Morgan fingerprint density at radius 2 is 1.74 bits per heavy atom. The minimum Gasteiger partial charge on any atom is -0.389 e. The zero-order valence-electron chi connectivity index (χ0n) is 14.7. The molecule has 0 aromatic carbocycles. The number of carbonyl (C=O) groups is 1. The Morgan fingerprint density at radius 1 is 1.04 bits per heavy atom. The lowest BCUT2D eigenvalue weighted by atomic mass is 9.82. The van der Waals surface area contributed by atoms with Gasteiger partial charge >= 0.3 is 0 Å². The molecule has 2 saturated heterocycles. The highest BCUT2D eigenvalue weighted by Crippen LogP contribution is 2.31. The zero-order valence-corrected chi connectivity index (χ0v) is 14.7. The fourth-order valence-electron chi connectivity index (χ4n) is 4.55. The average Bonchev–Trinajstić information content (AvgIpc) is 2.55. The number of likely N-dealkylation sites (N-methyl/N-ethyl adjacent to an activating group) is 1. The van der Waals surface area contributed by atoms with Crippen molar-refractivity contribution in [2.45, 2.75) is 63.0 Å². The van der Waals surface area contributed by atoms with Crippen molar-refractivity contribution in [1.82, 2.24) is 14.7 Å². The molecular formula is C18H33N3O2. The Morgan fingerprint density at radius 3 is 2.39 bits per heavy atom. The molecule has 23 heavy (non-hydrogen) atoms. The minimum atomic E-state index is -0.724. The van der Waals surface area contributed by atoms with E-state index in [4.69, 9.17) is 0 Å². The first kappa shape index (κ1) is 17.2. The van der Waals surface area contributed by atoms with Crippen LogP contribution in [0.4, 0.5) is 0 Å². The van der Waals surface area contributed by atoms with Crippen LogP contribution in [0.15, 0.2) is 0 Å². The standard InChI is InChI=1S/C18H33N3O2/c1-19-9-5-6-16(15-19)20-10-12-21(13-11-20)17(22)14-18(23)7-3-2-4-8-18/h16,23H,2-15H2,1H3/t16-/m1/s1. The van der Waals surface area contributed by atoms with Gasteiger partial charge in [-0.05, 0) is 39.3 Å². The molecule has 3 rings (SSSR count). The lowest BCUT2D eigenvalue weighted by Gasteiger charge is -2.43. The Balaban J connectivity index is 1.45. The molecule has 5 nitrogen and oxygen atoms in total. The summed E-state index contributed by atoms with van der Waals surface area (Å²) in [6, 6.07) is 0.661. The Hall–Kier alpha value is -0.650. The van der Waals surface area contributed by atoms with Gasteiger partial charge in [-0.1, -0.05) is 19.3 Å². The van der Waals surface area contributed by atoms with Crippen LogP contribution in [0.1, 0.15) is 51.4 Å². The first-order valence-corrected chi connectivity index (χ1v) is 9.48. The lowest BCUT2D eigenvalue weighted by molar-refractivity contribution is -0.140. The zero-order chi connectivity index (χ0) is 16.3. The second-order valence-electron chi connectivity index (χ2n) is 7.94. The van der Waals surface area contributed by atoms with Gasteiger partial charge in [0.25, 0.3) is 0 Å². The summed E-state index contributed by atoms with van der Waals surface area (Å²) in [6.45, 7) is 6.01. The maximum absolute atomic E-state index is 12.5. The number of piperidine rings is 1. The summed E-state index contributed by atoms with van der Waals surface area (Å²) in [5, 5.41) is 10.6. The normalized spacial score (nSPS) is 30.3. The third-order valence-electron chi connectivity index (χ3n) is 6.05. The van der Waals surface area contributed by atoms with Crippen LogP contribution in [0.25, 0.3) is 0 Å². The number of piperazine rings is 1. The molecule has 1 saturated carbocycles. The van der Waals surface area contributed by atoms with Crippen LogP contribution in [-0.2, 0) is 4.79 Å². The van der Waals surface area contributed by atoms with Crippen molar-refractivity contribution < 1.29 is 9.90 Å². The highest BCUT2D eigenvalue weighted by atomic mass is 16.3. The monoisotopic (exact) mass is 323 g/mol. The van der Waals surface area contributed by atoms with E-state index >= 15 is 0 Å². The number of likely N-dealkylation sites (tertiary alicyclic amines) is 1. The Kier molecular flexibility index (Phi) is 5.60. The van der Waals surface area contributed by atoms with Crippen molar-refractivity contribution in [3.63, 3.8) is 0 Å². The van der Waals surface area contributed by atoms with Crippen LogP contribution >= 0.6 is 0 Å². The molecule has 1 N–H and O–H groups in total. The quantitative estimate of drug-likeness (QED) is 0.851. The second-order valence-corrected chi connectivity index (χ2v) is 7.94. The molecule has 3 aliphatic rings. The number of carbonyl (C=O) groups excluding carboxylic acids is 1. The molecular weight excluding hydrogens is 290 g/mol. The van der Waals surface area contributed by atoms with Gasteiger partial charge in [-0.15, -0.1) is 0 Å². The molecule has 132 valence electrons. The molecule has 0 aromatic rings. The fraction of sp³-hybridized carbons (Fsp3) is 0.944. The molecule has 3 fully saturated rings. The fourth-order valence-corrected chi connectivity index (χ4v) is 4.55. The number of amides is 1. The third kappa shape index (κ3) is 4.46. The van der Waals surface area contributed by atoms with Crippen LogP contribution in [0.3, 0.4) is 0 Å². The maximum Gasteiger partial charge on any atom is 0.225 e. The topological polar surface area (TPSA) is 47.0 Å². The summed E-state index contributed by atoms with van der Waals surface area (Å²) in [7, 11) is 2.21. The largest absolute Gasteiger partial charge is 0.389 e. The molecule has 1 atom stereocenters. The molecule has 0 aromatic heterocycles. The number of hydrogen-bond acceptors (Lipinski definition) is 4. The van der Waals surface area contributed by atoms with E-state index in [2.05, 4.69) is 16.8 Å². The Labute approximate surface area is 140 Å². The summed E-state index contributed by atoms with van der Waals surface area (Å²) in [6.07, 6.45) is 7.83. The molecule has 2 aliphatic heterocycles. The highest BCUT2D eigenvalue weighted by molar-refractivity contribution is 5.77. The molecule has 0 bridgehead atoms. The van der Waals surface area contributed by atoms with Gasteiger partial charge in [0, 0.05) is 38.8 Å². The van der Waals surface area contributed by atoms with E-state index in [1.54, 1.807) is 0 Å². The first-order valence-electron chi connectivity index (χ1n) is 9.48. The van der Waals surface area contributed by atoms with Gasteiger partial charge in [-0.25, -0.2) is 0 Å². The van der Waals surface area contributed by atoms with E-state index in [0.717, 1.165) is 58.4 Å². The third-order valence-corrected chi connectivity index (χ3v) is 6.05. The Bertz CT molecular complexity index is 401. The van der Waals surface area contributed by atoms with Gasteiger partial charge in [0.2, 0.25) is 5.91 Å². The minimum absolute atomic E-state index is 0.162. The molecule has 1 amide bonds. The summed E-state index contributed by atoms with van der Waals surface area (Å²) < 4.78 is 0. The van der Waals surface area contributed by atoms with Crippen LogP contribution < -0.4 is 0 Å². The summed E-state index contributed by atoms with van der Waals surface area (Å²) in [5.41, 5.74) is -0.724. The molecule has 5 heteroatoms. The van der Waals surface area contributed by atoms with E-state index in [9.17, 15) is 9.90 Å². The van der Waals surface area contributed by atoms with Gasteiger partial charge in [0.05, 0.1) is 12.0 Å². The number of aliphatic hydroxyl groups is 1. The van der Waals surface area contributed by atoms with Gasteiger partial charge in [0.1, 0.15) is 0 Å². The summed E-state index contributed by atoms with van der Waals surface area (Å²) in [4.78, 5) is 19.5. The second kappa shape index (κ2) is 7.49. The van der Waals surface area contributed by atoms with Crippen molar-refractivity contribution >= 4 is 5.91 Å². The highest BCUT2D eigenvalue weighted by Gasteiger charge is 2.35. The number of nitrogens with zero attached hydrogens (tertiary/aromatic N) is 3. The summed E-state index contributed by atoms with van der Waals surface area (Å²) >= 11 is 0. The van der Waals surface area contributed by atoms with Crippen molar-refractivity contribution in [2.24, 2.45) is 0 Å². The van der Waals surface area contributed by atoms with E-state index in [1.807, 2.05) is 4.90 Å². The van der Waals surface area contributed by atoms with E-state index in [-0.39, 0.29) is 5.91 Å². The van der Waals surface area contributed by atoms with Crippen LogP contribution in [-0.4, -0.2) is 83.7 Å². The molecule has 2 heterocycles. The van der Waals surface area contributed by atoms with Gasteiger partial charge in [-0.2, -0.15) is 0 Å². The van der Waals surface area contributed by atoms with Crippen molar-refractivity contribution in [2.75, 3.05) is 46.3 Å². The van der Waals surface area contributed by atoms with Crippen LogP contribution in [0.5, 0.6) is 0 Å². The number of rotatable bonds is 3. The van der Waals surface area contributed by atoms with E-state index in [0.29, 0.717) is 12.5 Å². The van der Waals surface area contributed by atoms with Crippen LogP contribution in [0, 0.1) is 0 Å². The number of hydrogen-bond donors (Lipinski definition) is 1. The van der Waals surface area contributed by atoms with Crippen molar-refractivity contribution in [3.8, 4) is 0 Å². The predicted octanol–water partition coefficient (Wildman–Crippen LogP) is 1.31. The van der Waals surface area contributed by atoms with Gasteiger partial charge < -0.3 is 14.9 Å². The molecule has 0 unspecified atom stereocenters. The first-order chi connectivity index (χ1) is 11.1. The average molecular weight is 323 g/mol. The van der Waals surface area contributed by atoms with E-state index in [1.165, 1.54) is 25.8 Å². The van der Waals surface area contributed by atoms with Crippen LogP contribution in [0.2, 0.25) is 0 Å². The smallest absolute Gasteiger partial charge is 0.225 e. The van der Waals surface area contributed by atoms with E-state index < -0.39 is 5.60 Å². The predicted molar refractivity (Wildman–Crippen MR) is 91.3 cm³/mol. The maximum atomic E-state index is 12.5. The SMILES string of the molecule is CN1CCC[C@@H](N2CCN(C(=O)CC3(O)CCCCC3)CC2)C1. The van der Waals surface area contributed by atoms with Crippen molar-refractivity contribution in [1.29, 1.82) is 0 Å². The van der Waals surface area contributed by atoms with Crippen molar-refractivity contribution in [3.05, 3.63) is 0 Å².